The Labute approximate surface area is 202 Å². The third kappa shape index (κ3) is 12.4. The van der Waals surface area contributed by atoms with Crippen LogP contribution in [0.1, 0.15) is 72.6 Å². The van der Waals surface area contributed by atoms with Gasteiger partial charge in [-0.25, -0.2) is 10.4 Å². The Morgan fingerprint density at radius 3 is 2.15 bits per heavy atom. The van der Waals surface area contributed by atoms with E-state index >= 15 is 0 Å². The van der Waals surface area contributed by atoms with Crippen LogP contribution in [0.15, 0.2) is 61.0 Å². The van der Waals surface area contributed by atoms with Crippen molar-refractivity contribution in [1.82, 2.24) is 20.8 Å². The third-order valence-corrected chi connectivity index (χ3v) is 5.03. The van der Waals surface area contributed by atoms with Crippen molar-refractivity contribution in [2.24, 2.45) is 11.1 Å². The first-order valence-electron chi connectivity index (χ1n) is 11.2. The van der Waals surface area contributed by atoms with Crippen molar-refractivity contribution >= 4 is 18.1 Å². The fourth-order valence-corrected chi connectivity index (χ4v) is 2.99. The predicted octanol–water partition coefficient (Wildman–Crippen LogP) is 3.94. The molecule has 4 N–H and O–H groups in total. The summed E-state index contributed by atoms with van der Waals surface area (Å²) in [4.78, 5) is 39.8. The van der Waals surface area contributed by atoms with E-state index in [9.17, 15) is 14.4 Å². The SMILES string of the molecule is C=C=CC.CCC1(C=O)CCCC1.CNNC(=O)c1ccccn1.Cc1cccc(C(N)=O)n1. The summed E-state index contributed by atoms with van der Waals surface area (Å²) in [5.41, 5.74) is 14.1. The molecule has 0 aliphatic heterocycles. The number of hydrogen-bond acceptors (Lipinski definition) is 6. The van der Waals surface area contributed by atoms with Gasteiger partial charge in [-0.05, 0) is 63.5 Å². The van der Waals surface area contributed by atoms with Gasteiger partial charge >= 0.3 is 0 Å². The van der Waals surface area contributed by atoms with Gasteiger partial charge in [0, 0.05) is 24.4 Å². The number of hydrogen-bond donors (Lipinski definition) is 3. The summed E-state index contributed by atoms with van der Waals surface area (Å²) >= 11 is 0. The van der Waals surface area contributed by atoms with Crippen molar-refractivity contribution in [3.63, 3.8) is 0 Å². The van der Waals surface area contributed by atoms with E-state index < -0.39 is 5.91 Å². The van der Waals surface area contributed by atoms with Gasteiger partial charge in [0.15, 0.2) is 0 Å². The molecule has 2 amide bonds. The van der Waals surface area contributed by atoms with Crippen LogP contribution < -0.4 is 16.6 Å². The molecule has 0 aromatic carbocycles. The molecule has 2 aromatic rings. The van der Waals surface area contributed by atoms with Crippen molar-refractivity contribution in [2.45, 2.75) is 52.9 Å². The molecule has 1 aliphatic rings. The van der Waals surface area contributed by atoms with Crippen LogP contribution in [0.2, 0.25) is 0 Å². The molecule has 1 aliphatic carbocycles. The minimum atomic E-state index is -0.483. The maximum Gasteiger partial charge on any atom is 0.283 e. The second kappa shape index (κ2) is 17.9. The van der Waals surface area contributed by atoms with Crippen molar-refractivity contribution in [3.8, 4) is 0 Å². The normalized spacial score (nSPS) is 12.6. The third-order valence-electron chi connectivity index (χ3n) is 5.03. The number of primary amides is 1. The minimum Gasteiger partial charge on any atom is -0.364 e. The zero-order valence-corrected chi connectivity index (χ0v) is 20.6. The first kappa shape index (κ1) is 30.4. The molecule has 34 heavy (non-hydrogen) atoms. The molecule has 0 spiro atoms. The number of carbonyl (C=O) groups is 3. The molecule has 0 bridgehead atoms. The molecule has 1 fully saturated rings. The zero-order chi connectivity index (χ0) is 25.8. The van der Waals surface area contributed by atoms with Gasteiger partial charge < -0.3 is 10.5 Å². The number of nitrogens with zero attached hydrogens (tertiary/aromatic N) is 2. The largest absolute Gasteiger partial charge is 0.364 e. The summed E-state index contributed by atoms with van der Waals surface area (Å²) < 4.78 is 0. The van der Waals surface area contributed by atoms with Crippen LogP contribution in [0.3, 0.4) is 0 Å². The Balaban J connectivity index is 0.000000447. The van der Waals surface area contributed by atoms with Gasteiger partial charge in [-0.1, -0.05) is 38.5 Å². The number of allylic oxidation sites excluding steroid dienone is 1. The Morgan fingerprint density at radius 1 is 1.18 bits per heavy atom. The van der Waals surface area contributed by atoms with E-state index in [4.69, 9.17) is 5.73 Å². The number of rotatable bonds is 5. The highest BCUT2D eigenvalue weighted by Gasteiger charge is 2.30. The van der Waals surface area contributed by atoms with E-state index in [-0.39, 0.29) is 11.3 Å². The molecule has 3 rings (SSSR count). The summed E-state index contributed by atoms with van der Waals surface area (Å²) in [7, 11) is 1.63. The average Bonchev–Trinajstić information content (AvgIpc) is 3.35. The zero-order valence-electron chi connectivity index (χ0n) is 20.6. The molecular weight excluding hydrogens is 430 g/mol. The van der Waals surface area contributed by atoms with Crippen molar-refractivity contribution in [3.05, 3.63) is 78.1 Å². The summed E-state index contributed by atoms with van der Waals surface area (Å²) in [5, 5.41) is 0. The van der Waals surface area contributed by atoms with Gasteiger partial charge in [-0.2, -0.15) is 0 Å². The lowest BCUT2D eigenvalue weighted by Crippen LogP contribution is -2.34. The second-order valence-electron chi connectivity index (χ2n) is 7.48. The number of nitrogens with one attached hydrogen (secondary N) is 2. The molecule has 2 aromatic heterocycles. The molecule has 2 heterocycles. The first-order valence-corrected chi connectivity index (χ1v) is 11.2. The van der Waals surface area contributed by atoms with Crippen molar-refractivity contribution in [1.29, 1.82) is 0 Å². The number of aromatic nitrogens is 2. The fourth-order valence-electron chi connectivity index (χ4n) is 2.99. The number of hydrazine groups is 1. The molecule has 0 radical (unpaired) electrons. The standard InChI is InChI=1S/C8H14O.C7H9N3O.C7H8N2O.C4H6/c1-2-8(7-9)5-3-4-6-8;1-8-10-7(11)6-4-2-3-5-9-6;1-5-3-2-4-6(9-5)7(8)10;1-3-4-2/h7H,2-6H2,1H3;2-5,8H,1H3,(H,10,11);2-4H,1H3,(H2,8,10);4H,1H2,2H3. The monoisotopic (exact) mass is 467 g/mol. The van der Waals surface area contributed by atoms with Gasteiger partial charge in [0.1, 0.15) is 17.7 Å². The van der Waals surface area contributed by atoms with Gasteiger partial charge in [-0.15, -0.1) is 5.73 Å². The van der Waals surface area contributed by atoms with Crippen LogP contribution in [0.4, 0.5) is 0 Å². The Morgan fingerprint density at radius 2 is 1.79 bits per heavy atom. The summed E-state index contributed by atoms with van der Waals surface area (Å²) in [6.45, 7) is 9.10. The maximum atomic E-state index is 11.0. The highest BCUT2D eigenvalue weighted by molar-refractivity contribution is 5.91. The average molecular weight is 468 g/mol. The highest BCUT2D eigenvalue weighted by Crippen LogP contribution is 2.38. The lowest BCUT2D eigenvalue weighted by atomic mass is 9.85. The van der Waals surface area contributed by atoms with Gasteiger partial charge in [0.2, 0.25) is 0 Å². The summed E-state index contributed by atoms with van der Waals surface area (Å²) in [5.74, 6) is -0.711. The number of amides is 2. The number of nitrogens with two attached hydrogens (primary N) is 1. The molecule has 1 saturated carbocycles. The molecule has 184 valence electrons. The van der Waals surface area contributed by atoms with Crippen LogP contribution in [0.25, 0.3) is 0 Å². The van der Waals surface area contributed by atoms with Crippen LogP contribution >= 0.6 is 0 Å². The van der Waals surface area contributed by atoms with Crippen LogP contribution in [0, 0.1) is 12.3 Å². The van der Waals surface area contributed by atoms with Crippen molar-refractivity contribution in [2.75, 3.05) is 7.05 Å². The second-order valence-corrected chi connectivity index (χ2v) is 7.48. The Kier molecular flexibility index (Phi) is 16.0. The number of aldehydes is 1. The van der Waals surface area contributed by atoms with Crippen molar-refractivity contribution < 1.29 is 14.4 Å². The highest BCUT2D eigenvalue weighted by atomic mass is 16.2. The number of carbonyl (C=O) groups excluding carboxylic acids is 3. The van der Waals surface area contributed by atoms with Gasteiger partial charge in [0.05, 0.1) is 0 Å². The lowest BCUT2D eigenvalue weighted by molar-refractivity contribution is -0.116. The van der Waals surface area contributed by atoms with E-state index in [1.54, 1.807) is 49.7 Å². The van der Waals surface area contributed by atoms with Gasteiger partial charge in [-0.3, -0.25) is 20.0 Å². The summed E-state index contributed by atoms with van der Waals surface area (Å²) in [6.07, 6.45) is 10.3. The first-order chi connectivity index (χ1) is 16.3. The number of pyridine rings is 2. The molecule has 0 saturated heterocycles. The maximum absolute atomic E-state index is 11.0. The van der Waals surface area contributed by atoms with E-state index in [0.29, 0.717) is 11.4 Å². The van der Waals surface area contributed by atoms with Crippen LogP contribution in [-0.2, 0) is 4.79 Å². The fraction of sp³-hybridized carbons (Fsp3) is 0.385. The quantitative estimate of drug-likeness (QED) is 0.347. The predicted molar refractivity (Wildman–Crippen MR) is 135 cm³/mol. The van der Waals surface area contributed by atoms with E-state index in [1.165, 1.54) is 19.1 Å². The van der Waals surface area contributed by atoms with E-state index in [2.05, 4.69) is 40.1 Å². The Bertz CT molecular complexity index is 919. The molecule has 0 atom stereocenters. The van der Waals surface area contributed by atoms with Crippen LogP contribution in [0.5, 0.6) is 0 Å². The molecule has 8 heteroatoms. The lowest BCUT2D eigenvalue weighted by Gasteiger charge is -2.17. The van der Waals surface area contributed by atoms with E-state index in [0.717, 1.165) is 25.0 Å². The van der Waals surface area contributed by atoms with Gasteiger partial charge in [0.25, 0.3) is 11.8 Å². The van der Waals surface area contributed by atoms with Crippen LogP contribution in [-0.4, -0.2) is 35.1 Å². The smallest absolute Gasteiger partial charge is 0.283 e. The van der Waals surface area contributed by atoms with E-state index in [1.807, 2.05) is 19.9 Å². The summed E-state index contributed by atoms with van der Waals surface area (Å²) in [6, 6.07) is 10.3. The minimum absolute atomic E-state index is 0.0972. The molecule has 8 nitrogen and oxygen atoms in total. The Hall–Kier alpha value is -3.61. The number of aryl methyl sites for hydroxylation is 1. The molecule has 0 unspecified atom stereocenters. The topological polar surface area (TPSA) is 127 Å². The molecular formula is C26H37N5O3.